The van der Waals surface area contributed by atoms with Crippen molar-refractivity contribution in [3.05, 3.63) is 11.1 Å². The zero-order chi connectivity index (χ0) is 14.5. The number of hydrogen-bond acceptors (Lipinski definition) is 3. The predicted octanol–water partition coefficient (Wildman–Crippen LogP) is 4.92. The molecular weight excluding hydrogens is 256 g/mol. The molecule has 0 aromatic rings. The maximum atomic E-state index is 11.9. The number of carbonyl (C=O) groups is 2. The van der Waals surface area contributed by atoms with Gasteiger partial charge < -0.3 is 0 Å². The van der Waals surface area contributed by atoms with Crippen LogP contribution in [0.4, 0.5) is 0 Å². The van der Waals surface area contributed by atoms with Gasteiger partial charge in [0.05, 0.1) is 5.57 Å². The van der Waals surface area contributed by atoms with Crippen molar-refractivity contribution in [2.24, 2.45) is 0 Å². The molecule has 0 unspecified atom stereocenters. The third-order valence-corrected chi connectivity index (χ3v) is 4.28. The van der Waals surface area contributed by atoms with Crippen LogP contribution >= 0.6 is 11.8 Å². The molecule has 0 aliphatic carbocycles. The lowest BCUT2D eigenvalue weighted by Gasteiger charge is -2.06. The zero-order valence-corrected chi connectivity index (χ0v) is 13.5. The third kappa shape index (κ3) is 8.25. The molecule has 0 aromatic carbocycles. The van der Waals surface area contributed by atoms with Crippen LogP contribution in [0.1, 0.15) is 72.1 Å². The second kappa shape index (κ2) is 12.5. The first-order valence-electron chi connectivity index (χ1n) is 7.55. The highest BCUT2D eigenvalue weighted by Gasteiger charge is 2.13. The first-order valence-corrected chi connectivity index (χ1v) is 8.54. The maximum absolute atomic E-state index is 11.9. The number of hydrogen-bond donors (Lipinski definition) is 0. The Balaban J connectivity index is 3.96. The highest BCUT2D eigenvalue weighted by molar-refractivity contribution is 8.14. The van der Waals surface area contributed by atoms with E-state index in [0.29, 0.717) is 5.57 Å². The molecule has 0 aliphatic rings. The first kappa shape index (κ1) is 18.4. The molecule has 0 atom stereocenters. The summed E-state index contributed by atoms with van der Waals surface area (Å²) in [6.07, 6.45) is 9.69. The largest absolute Gasteiger partial charge is 0.298 e. The Hall–Kier alpha value is -0.570. The van der Waals surface area contributed by atoms with Gasteiger partial charge in [-0.05, 0) is 19.3 Å². The molecule has 0 aliphatic heterocycles. The molecule has 0 radical (unpaired) electrons. The van der Waals surface area contributed by atoms with Crippen molar-refractivity contribution in [1.82, 2.24) is 0 Å². The Morgan fingerprint density at radius 1 is 0.947 bits per heavy atom. The Kier molecular flexibility index (Phi) is 12.1. The van der Waals surface area contributed by atoms with E-state index < -0.39 is 0 Å². The van der Waals surface area contributed by atoms with Crippen molar-refractivity contribution in [1.29, 1.82) is 0 Å². The summed E-state index contributed by atoms with van der Waals surface area (Å²) in [5.41, 5.74) is 1.39. The average molecular weight is 284 g/mol. The highest BCUT2D eigenvalue weighted by Crippen LogP contribution is 2.19. The molecule has 19 heavy (non-hydrogen) atoms. The number of aldehydes is 1. The summed E-state index contributed by atoms with van der Waals surface area (Å²) in [5.74, 6) is 0.836. The summed E-state index contributed by atoms with van der Waals surface area (Å²) in [6, 6.07) is 0. The molecule has 110 valence electrons. The fourth-order valence-electron chi connectivity index (χ4n) is 2.03. The van der Waals surface area contributed by atoms with Crippen LogP contribution in [0.3, 0.4) is 0 Å². The van der Waals surface area contributed by atoms with Crippen LogP contribution in [0, 0.1) is 0 Å². The van der Waals surface area contributed by atoms with Gasteiger partial charge in [-0.3, -0.25) is 9.59 Å². The highest BCUT2D eigenvalue weighted by atomic mass is 32.2. The normalized spacial score (nSPS) is 10.3. The monoisotopic (exact) mass is 284 g/mol. The molecule has 0 saturated carbocycles. The fourth-order valence-corrected chi connectivity index (χ4v) is 2.91. The van der Waals surface area contributed by atoms with Gasteiger partial charge in [0.15, 0.2) is 6.29 Å². The molecule has 0 N–H and O–H groups in total. The molecule has 0 amide bonds. The summed E-state index contributed by atoms with van der Waals surface area (Å²) in [5, 5.41) is -0.0396. The number of thioether (sulfide) groups is 1. The summed E-state index contributed by atoms with van der Waals surface area (Å²) in [4.78, 5) is 23.0. The van der Waals surface area contributed by atoms with E-state index in [1.807, 2.05) is 13.8 Å². The number of carbonyl (C=O) groups excluding carboxylic acids is 2. The van der Waals surface area contributed by atoms with Gasteiger partial charge in [0.1, 0.15) is 0 Å². The standard InChI is InChI=1S/C16H28O2S/c1-4-7-8-9-10-11-12-19-16(18)15(13-17)14(5-2)6-3/h13H,4-12H2,1-3H3. The molecule has 0 spiro atoms. The van der Waals surface area contributed by atoms with E-state index in [4.69, 9.17) is 0 Å². The molecule has 0 fully saturated rings. The van der Waals surface area contributed by atoms with Crippen molar-refractivity contribution >= 4 is 23.2 Å². The molecule has 0 rings (SSSR count). The SMILES string of the molecule is CCCCCCCCSC(=O)C(C=O)=C(CC)CC. The van der Waals surface area contributed by atoms with Crippen molar-refractivity contribution in [3.63, 3.8) is 0 Å². The van der Waals surface area contributed by atoms with Gasteiger partial charge in [-0.25, -0.2) is 0 Å². The van der Waals surface area contributed by atoms with Gasteiger partial charge in [-0.2, -0.15) is 0 Å². The lowest BCUT2D eigenvalue weighted by Crippen LogP contribution is -2.04. The summed E-state index contributed by atoms with van der Waals surface area (Å²) < 4.78 is 0. The van der Waals surface area contributed by atoms with E-state index in [1.54, 1.807) is 0 Å². The summed E-state index contributed by atoms with van der Waals surface area (Å²) in [6.45, 7) is 6.20. The molecule has 2 nitrogen and oxygen atoms in total. The van der Waals surface area contributed by atoms with E-state index >= 15 is 0 Å². The van der Waals surface area contributed by atoms with Gasteiger partial charge in [0, 0.05) is 5.75 Å². The van der Waals surface area contributed by atoms with E-state index in [9.17, 15) is 9.59 Å². The van der Waals surface area contributed by atoms with Crippen LogP contribution in [0.5, 0.6) is 0 Å². The minimum Gasteiger partial charge on any atom is -0.298 e. The summed E-state index contributed by atoms with van der Waals surface area (Å²) in [7, 11) is 0. The van der Waals surface area contributed by atoms with Crippen LogP contribution in [0.25, 0.3) is 0 Å². The van der Waals surface area contributed by atoms with Gasteiger partial charge in [-0.15, -0.1) is 0 Å². The van der Waals surface area contributed by atoms with E-state index in [-0.39, 0.29) is 5.12 Å². The van der Waals surface area contributed by atoms with Gasteiger partial charge in [0.25, 0.3) is 0 Å². The Morgan fingerprint density at radius 2 is 1.53 bits per heavy atom. The molecule has 0 saturated heterocycles. The number of allylic oxidation sites excluding steroid dienone is 1. The third-order valence-electron chi connectivity index (χ3n) is 3.30. The van der Waals surface area contributed by atoms with Crippen molar-refractivity contribution in [3.8, 4) is 0 Å². The fraction of sp³-hybridized carbons (Fsp3) is 0.750. The smallest absolute Gasteiger partial charge is 0.222 e. The first-order chi connectivity index (χ1) is 9.21. The van der Waals surface area contributed by atoms with Gasteiger partial charge >= 0.3 is 0 Å². The number of unbranched alkanes of at least 4 members (excludes halogenated alkanes) is 5. The molecule has 3 heteroatoms. The zero-order valence-electron chi connectivity index (χ0n) is 12.7. The second-order valence-electron chi connectivity index (χ2n) is 4.75. The maximum Gasteiger partial charge on any atom is 0.222 e. The Labute approximate surface area is 122 Å². The van der Waals surface area contributed by atoms with Crippen molar-refractivity contribution in [2.75, 3.05) is 5.75 Å². The minimum atomic E-state index is -0.0396. The van der Waals surface area contributed by atoms with Gasteiger partial charge in [0.2, 0.25) is 5.12 Å². The molecule has 0 bridgehead atoms. The Bertz CT molecular complexity index is 289. The predicted molar refractivity (Wildman–Crippen MR) is 84.5 cm³/mol. The van der Waals surface area contributed by atoms with Crippen molar-refractivity contribution < 1.29 is 9.59 Å². The van der Waals surface area contributed by atoms with Crippen LogP contribution < -0.4 is 0 Å². The molecular formula is C16H28O2S. The summed E-state index contributed by atoms with van der Waals surface area (Å²) >= 11 is 1.30. The lowest BCUT2D eigenvalue weighted by molar-refractivity contribution is -0.111. The quantitative estimate of drug-likeness (QED) is 0.177. The molecule has 0 aromatic heterocycles. The Morgan fingerprint density at radius 3 is 2.05 bits per heavy atom. The van der Waals surface area contributed by atoms with Crippen LogP contribution in [0.15, 0.2) is 11.1 Å². The topological polar surface area (TPSA) is 34.1 Å². The van der Waals surface area contributed by atoms with E-state index in [2.05, 4.69) is 6.92 Å². The van der Waals surface area contributed by atoms with Gasteiger partial charge in [-0.1, -0.05) is 70.2 Å². The van der Waals surface area contributed by atoms with E-state index in [0.717, 1.165) is 36.9 Å². The minimum absolute atomic E-state index is 0.0396. The molecule has 0 heterocycles. The lowest BCUT2D eigenvalue weighted by atomic mass is 10.1. The average Bonchev–Trinajstić information content (AvgIpc) is 2.43. The van der Waals surface area contributed by atoms with Crippen LogP contribution in [-0.4, -0.2) is 17.2 Å². The number of rotatable bonds is 11. The van der Waals surface area contributed by atoms with Crippen LogP contribution in [0.2, 0.25) is 0 Å². The van der Waals surface area contributed by atoms with E-state index in [1.165, 1.54) is 43.9 Å². The van der Waals surface area contributed by atoms with Crippen LogP contribution in [-0.2, 0) is 9.59 Å². The second-order valence-corrected chi connectivity index (χ2v) is 5.81. The van der Waals surface area contributed by atoms with Crippen molar-refractivity contribution in [2.45, 2.75) is 72.1 Å².